The highest BCUT2D eigenvalue weighted by Gasteiger charge is 2.41. The highest BCUT2D eigenvalue weighted by molar-refractivity contribution is 5.29. The van der Waals surface area contributed by atoms with Crippen LogP contribution in [0.4, 0.5) is 0 Å². The molecule has 0 radical (unpaired) electrons. The Morgan fingerprint density at radius 3 is 2.26 bits per heavy atom. The molecular formula is C17H28N2. The molecule has 1 fully saturated rings. The third-order valence-corrected chi connectivity index (χ3v) is 4.75. The van der Waals surface area contributed by atoms with E-state index in [4.69, 9.17) is 5.84 Å². The zero-order valence-electron chi connectivity index (χ0n) is 12.4. The van der Waals surface area contributed by atoms with Crippen molar-refractivity contribution in [2.24, 2.45) is 11.8 Å². The van der Waals surface area contributed by atoms with Crippen LogP contribution in [0.2, 0.25) is 0 Å². The lowest BCUT2D eigenvalue weighted by molar-refractivity contribution is 0.270. The maximum absolute atomic E-state index is 5.91. The number of hydrogen-bond donors (Lipinski definition) is 2. The average molecular weight is 260 g/mol. The fourth-order valence-corrected chi connectivity index (χ4v) is 3.63. The molecule has 2 nitrogen and oxygen atoms in total. The first-order valence-electron chi connectivity index (χ1n) is 7.71. The molecule has 0 heterocycles. The van der Waals surface area contributed by atoms with Crippen molar-refractivity contribution >= 4 is 0 Å². The molecule has 0 aromatic heterocycles. The zero-order chi connectivity index (χ0) is 13.7. The Bertz CT molecular complexity index is 366. The first kappa shape index (κ1) is 14.5. The van der Waals surface area contributed by atoms with Crippen molar-refractivity contribution in [3.63, 3.8) is 0 Å². The lowest BCUT2D eigenvalue weighted by atomic mass is 9.71. The smallest absolute Gasteiger partial charge is 0.0307 e. The minimum absolute atomic E-state index is 0.255. The standard InChI is InChI=1S/C17H28N2/c1-14(2)10-11-16(19-18)17(12-6-7-13-17)15-8-4-3-5-9-15/h3-5,8-9,14,16,19H,6-7,10-13,18H2,1-2H3. The summed E-state index contributed by atoms with van der Waals surface area (Å²) in [7, 11) is 0. The molecule has 1 aliphatic carbocycles. The SMILES string of the molecule is CC(C)CCC(NN)C1(c2ccccc2)CCCC1. The van der Waals surface area contributed by atoms with Crippen LogP contribution >= 0.6 is 0 Å². The largest absolute Gasteiger partial charge is 0.271 e. The van der Waals surface area contributed by atoms with Gasteiger partial charge >= 0.3 is 0 Å². The molecule has 0 spiro atoms. The molecule has 1 atom stereocenters. The predicted molar refractivity (Wildman–Crippen MR) is 81.8 cm³/mol. The van der Waals surface area contributed by atoms with Crippen LogP contribution in [0.5, 0.6) is 0 Å². The van der Waals surface area contributed by atoms with Crippen molar-refractivity contribution in [1.82, 2.24) is 5.43 Å². The van der Waals surface area contributed by atoms with Gasteiger partial charge in [0, 0.05) is 11.5 Å². The summed E-state index contributed by atoms with van der Waals surface area (Å²) in [6.45, 7) is 4.58. The van der Waals surface area contributed by atoms with Gasteiger partial charge in [0.05, 0.1) is 0 Å². The second-order valence-electron chi connectivity index (χ2n) is 6.42. The van der Waals surface area contributed by atoms with Crippen LogP contribution in [0.3, 0.4) is 0 Å². The van der Waals surface area contributed by atoms with Gasteiger partial charge in [0.1, 0.15) is 0 Å². The summed E-state index contributed by atoms with van der Waals surface area (Å²) in [5.41, 5.74) is 4.87. The van der Waals surface area contributed by atoms with Gasteiger partial charge in [0.15, 0.2) is 0 Å². The number of rotatable bonds is 6. The molecule has 1 aromatic carbocycles. The second kappa shape index (κ2) is 6.53. The summed E-state index contributed by atoms with van der Waals surface area (Å²) in [6, 6.07) is 11.4. The van der Waals surface area contributed by atoms with E-state index in [1.807, 2.05) is 0 Å². The van der Waals surface area contributed by atoms with E-state index in [1.165, 1.54) is 44.1 Å². The normalized spacial score (nSPS) is 19.8. The van der Waals surface area contributed by atoms with Crippen molar-refractivity contribution in [2.45, 2.75) is 63.8 Å². The molecule has 3 N–H and O–H groups in total. The summed E-state index contributed by atoms with van der Waals surface area (Å²) >= 11 is 0. The van der Waals surface area contributed by atoms with E-state index < -0.39 is 0 Å². The van der Waals surface area contributed by atoms with Gasteiger partial charge in [-0.15, -0.1) is 0 Å². The maximum atomic E-state index is 5.91. The van der Waals surface area contributed by atoms with Crippen LogP contribution in [0.1, 0.15) is 57.9 Å². The molecule has 1 aliphatic rings. The third kappa shape index (κ3) is 3.18. The summed E-state index contributed by atoms with van der Waals surface area (Å²) in [5.74, 6) is 6.65. The van der Waals surface area contributed by atoms with E-state index in [0.717, 1.165) is 5.92 Å². The molecule has 1 unspecified atom stereocenters. The van der Waals surface area contributed by atoms with E-state index in [1.54, 1.807) is 0 Å². The molecule has 2 rings (SSSR count). The van der Waals surface area contributed by atoms with Gasteiger partial charge in [0.25, 0.3) is 0 Å². The van der Waals surface area contributed by atoms with Crippen LogP contribution in [0.15, 0.2) is 30.3 Å². The molecule has 19 heavy (non-hydrogen) atoms. The molecule has 0 aliphatic heterocycles. The number of benzene rings is 1. The van der Waals surface area contributed by atoms with Crippen LogP contribution < -0.4 is 11.3 Å². The number of nitrogens with one attached hydrogen (secondary N) is 1. The van der Waals surface area contributed by atoms with E-state index >= 15 is 0 Å². The van der Waals surface area contributed by atoms with Gasteiger partial charge < -0.3 is 0 Å². The Balaban J connectivity index is 2.22. The van der Waals surface area contributed by atoms with Crippen molar-refractivity contribution in [2.75, 3.05) is 0 Å². The molecular weight excluding hydrogens is 232 g/mol. The highest BCUT2D eigenvalue weighted by Crippen LogP contribution is 2.45. The lowest BCUT2D eigenvalue weighted by Crippen LogP contribution is -2.50. The molecule has 1 saturated carbocycles. The van der Waals surface area contributed by atoms with Crippen LogP contribution in [-0.4, -0.2) is 6.04 Å². The first-order valence-corrected chi connectivity index (χ1v) is 7.71. The summed E-state index contributed by atoms with van der Waals surface area (Å²) in [5, 5.41) is 0. The van der Waals surface area contributed by atoms with Gasteiger partial charge in [-0.25, -0.2) is 0 Å². The minimum atomic E-state index is 0.255. The van der Waals surface area contributed by atoms with Gasteiger partial charge in [-0.05, 0) is 37.2 Å². The second-order valence-corrected chi connectivity index (χ2v) is 6.42. The number of hydrazine groups is 1. The van der Waals surface area contributed by atoms with Crippen molar-refractivity contribution in [3.05, 3.63) is 35.9 Å². The highest BCUT2D eigenvalue weighted by atomic mass is 15.2. The Hall–Kier alpha value is -0.860. The molecule has 106 valence electrons. The van der Waals surface area contributed by atoms with E-state index in [-0.39, 0.29) is 5.41 Å². The van der Waals surface area contributed by atoms with E-state index in [0.29, 0.717) is 6.04 Å². The monoisotopic (exact) mass is 260 g/mol. The van der Waals surface area contributed by atoms with Gasteiger partial charge in [-0.1, -0.05) is 57.0 Å². The van der Waals surface area contributed by atoms with E-state index in [9.17, 15) is 0 Å². The Morgan fingerprint density at radius 1 is 1.11 bits per heavy atom. The fraction of sp³-hybridized carbons (Fsp3) is 0.647. The van der Waals surface area contributed by atoms with Crippen molar-refractivity contribution in [1.29, 1.82) is 0 Å². The van der Waals surface area contributed by atoms with Crippen molar-refractivity contribution in [3.8, 4) is 0 Å². The van der Waals surface area contributed by atoms with Crippen LogP contribution in [0.25, 0.3) is 0 Å². The van der Waals surface area contributed by atoms with E-state index in [2.05, 4.69) is 49.6 Å². The topological polar surface area (TPSA) is 38.0 Å². The van der Waals surface area contributed by atoms with Crippen LogP contribution in [0, 0.1) is 5.92 Å². The Morgan fingerprint density at radius 2 is 1.74 bits per heavy atom. The summed E-state index contributed by atoms with van der Waals surface area (Å²) < 4.78 is 0. The predicted octanol–water partition coefficient (Wildman–Crippen LogP) is 3.77. The molecule has 0 amide bonds. The fourth-order valence-electron chi connectivity index (χ4n) is 3.63. The Labute approximate surface area is 117 Å². The van der Waals surface area contributed by atoms with Gasteiger partial charge in [-0.3, -0.25) is 11.3 Å². The third-order valence-electron chi connectivity index (χ3n) is 4.75. The quantitative estimate of drug-likeness (QED) is 0.603. The molecule has 1 aromatic rings. The molecule has 0 bridgehead atoms. The molecule has 0 saturated heterocycles. The zero-order valence-corrected chi connectivity index (χ0v) is 12.4. The summed E-state index contributed by atoms with van der Waals surface area (Å²) in [4.78, 5) is 0. The van der Waals surface area contributed by atoms with Crippen molar-refractivity contribution < 1.29 is 0 Å². The minimum Gasteiger partial charge on any atom is -0.271 e. The average Bonchev–Trinajstić information content (AvgIpc) is 2.91. The first-order chi connectivity index (χ1) is 9.19. The summed E-state index contributed by atoms with van der Waals surface area (Å²) in [6.07, 6.45) is 7.60. The number of nitrogens with two attached hydrogens (primary N) is 1. The Kier molecular flexibility index (Phi) is 5.00. The lowest BCUT2D eigenvalue weighted by Gasteiger charge is -2.38. The van der Waals surface area contributed by atoms with Gasteiger partial charge in [-0.2, -0.15) is 0 Å². The maximum Gasteiger partial charge on any atom is 0.0307 e. The molecule has 2 heteroatoms. The van der Waals surface area contributed by atoms with Gasteiger partial charge in [0.2, 0.25) is 0 Å². The number of hydrogen-bond acceptors (Lipinski definition) is 2. The van der Waals surface area contributed by atoms with Crippen LogP contribution in [-0.2, 0) is 5.41 Å².